The molecule has 0 radical (unpaired) electrons. The number of piperidine rings is 2. The Bertz CT molecular complexity index is 830. The Morgan fingerprint density at radius 3 is 2.78 bits per heavy atom. The predicted molar refractivity (Wildman–Crippen MR) is 107 cm³/mol. The van der Waals surface area contributed by atoms with Crippen LogP contribution in [-0.2, 0) is 4.79 Å². The Labute approximate surface area is 159 Å². The number of aromatic amines is 1. The maximum Gasteiger partial charge on any atom is 0.317 e. The van der Waals surface area contributed by atoms with Gasteiger partial charge in [0.1, 0.15) is 0 Å². The van der Waals surface area contributed by atoms with Gasteiger partial charge in [-0.1, -0.05) is 25.1 Å². The zero-order valence-corrected chi connectivity index (χ0v) is 15.7. The number of aromatic nitrogens is 2. The minimum absolute atomic E-state index is 0.136. The molecular formula is C21H28N4O2. The number of carbonyl (C=O) groups is 1. The summed E-state index contributed by atoms with van der Waals surface area (Å²) >= 11 is 0. The number of H-pyrrole nitrogens is 1. The van der Waals surface area contributed by atoms with Crippen molar-refractivity contribution in [2.24, 2.45) is 0 Å². The van der Waals surface area contributed by atoms with Crippen molar-refractivity contribution in [2.75, 3.05) is 26.2 Å². The summed E-state index contributed by atoms with van der Waals surface area (Å²) in [5.74, 6) is -0.338. The lowest BCUT2D eigenvalue weighted by Gasteiger charge is -2.30. The summed E-state index contributed by atoms with van der Waals surface area (Å²) in [4.78, 5) is 12.9. The van der Waals surface area contributed by atoms with Crippen molar-refractivity contribution in [3.63, 3.8) is 0 Å². The Balaban J connectivity index is 1.48. The molecule has 4 rings (SSSR count). The average Bonchev–Trinajstić information content (AvgIpc) is 3.11. The van der Waals surface area contributed by atoms with Crippen LogP contribution >= 0.6 is 0 Å². The predicted octanol–water partition coefficient (Wildman–Crippen LogP) is 2.98. The smallest absolute Gasteiger partial charge is 0.317 e. The van der Waals surface area contributed by atoms with E-state index in [0.29, 0.717) is 12.0 Å². The number of fused-ring (bicyclic) bond motifs is 1. The number of likely N-dealkylation sites (tertiary alicyclic amines) is 1. The van der Waals surface area contributed by atoms with E-state index in [2.05, 4.69) is 40.3 Å². The molecule has 6 heteroatoms. The van der Waals surface area contributed by atoms with Crippen LogP contribution in [0.25, 0.3) is 16.5 Å². The molecule has 2 aliphatic heterocycles. The number of hydrogen-bond acceptors (Lipinski definition) is 4. The van der Waals surface area contributed by atoms with Gasteiger partial charge in [0.15, 0.2) is 0 Å². The van der Waals surface area contributed by atoms with Gasteiger partial charge >= 0.3 is 5.97 Å². The number of nitrogens with one attached hydrogen (secondary N) is 2. The lowest BCUT2D eigenvalue weighted by molar-refractivity contribution is -0.138. The Morgan fingerprint density at radius 1 is 1.26 bits per heavy atom. The third kappa shape index (κ3) is 3.92. The molecule has 0 aliphatic carbocycles. The normalized spacial score (nSPS) is 22.1. The van der Waals surface area contributed by atoms with Crippen molar-refractivity contribution < 1.29 is 9.90 Å². The van der Waals surface area contributed by atoms with E-state index in [4.69, 9.17) is 5.11 Å². The Hall–Kier alpha value is -2.18. The van der Waals surface area contributed by atoms with E-state index in [0.717, 1.165) is 55.5 Å². The molecule has 1 unspecified atom stereocenters. The lowest BCUT2D eigenvalue weighted by Crippen LogP contribution is -2.36. The van der Waals surface area contributed by atoms with Crippen LogP contribution in [0, 0.1) is 0 Å². The van der Waals surface area contributed by atoms with Crippen LogP contribution in [0.4, 0.5) is 0 Å². The fourth-order valence-corrected chi connectivity index (χ4v) is 4.46. The van der Waals surface area contributed by atoms with Crippen molar-refractivity contribution >= 4 is 22.4 Å². The molecule has 1 aromatic carbocycles. The highest BCUT2D eigenvalue weighted by molar-refractivity contribution is 5.86. The van der Waals surface area contributed by atoms with Crippen LogP contribution in [0.15, 0.2) is 24.8 Å². The minimum atomic E-state index is -0.749. The van der Waals surface area contributed by atoms with Gasteiger partial charge in [-0.3, -0.25) is 14.8 Å². The molecule has 0 saturated carbocycles. The largest absolute Gasteiger partial charge is 0.480 e. The van der Waals surface area contributed by atoms with E-state index in [1.165, 1.54) is 23.9 Å². The van der Waals surface area contributed by atoms with Crippen LogP contribution in [0.2, 0.25) is 0 Å². The number of carboxylic acid groups (broad SMARTS) is 1. The molecule has 6 nitrogen and oxygen atoms in total. The molecule has 2 aliphatic rings. The number of hydrogen-bond donors (Lipinski definition) is 3. The molecule has 27 heavy (non-hydrogen) atoms. The fraction of sp³-hybridized carbons (Fsp3) is 0.524. The molecule has 144 valence electrons. The first-order valence-corrected chi connectivity index (χ1v) is 9.96. The maximum atomic E-state index is 10.9. The van der Waals surface area contributed by atoms with E-state index in [1.54, 1.807) is 0 Å². The average molecular weight is 368 g/mol. The second-order valence-corrected chi connectivity index (χ2v) is 7.84. The van der Waals surface area contributed by atoms with Crippen LogP contribution in [0.1, 0.15) is 49.3 Å². The van der Waals surface area contributed by atoms with Crippen LogP contribution in [0.5, 0.6) is 0 Å². The van der Waals surface area contributed by atoms with Gasteiger partial charge in [-0.2, -0.15) is 5.10 Å². The number of aliphatic carboxylic acids is 1. The Kier molecular flexibility index (Phi) is 5.27. The highest BCUT2D eigenvalue weighted by Gasteiger charge is 2.25. The number of benzene rings is 1. The zero-order chi connectivity index (χ0) is 18.8. The standard InChI is InChI=1S/C21H28N4O2/c1-14(18-4-2-3-9-22-18)16-5-6-17-19(12-16)23-24-21(17)15-7-10-25(11-8-15)13-20(26)27/h5-6,12,15,18,22H,1-4,7-11,13H2,(H,23,24)(H,26,27). The van der Waals surface area contributed by atoms with Gasteiger partial charge in [-0.15, -0.1) is 0 Å². The first kappa shape index (κ1) is 18.2. The zero-order valence-electron chi connectivity index (χ0n) is 15.7. The monoisotopic (exact) mass is 368 g/mol. The quantitative estimate of drug-likeness (QED) is 0.756. The molecule has 2 fully saturated rings. The van der Waals surface area contributed by atoms with Gasteiger partial charge in [0.2, 0.25) is 0 Å². The van der Waals surface area contributed by atoms with E-state index in [1.807, 2.05) is 4.90 Å². The lowest BCUT2D eigenvalue weighted by atomic mass is 9.90. The van der Waals surface area contributed by atoms with Crippen molar-refractivity contribution in [3.05, 3.63) is 36.0 Å². The summed E-state index contributed by atoms with van der Waals surface area (Å²) in [5.41, 5.74) is 4.50. The van der Waals surface area contributed by atoms with Crippen molar-refractivity contribution in [1.82, 2.24) is 20.4 Å². The number of nitrogens with zero attached hydrogens (tertiary/aromatic N) is 2. The van der Waals surface area contributed by atoms with Gasteiger partial charge in [-0.25, -0.2) is 0 Å². The summed E-state index contributed by atoms with van der Waals surface area (Å²) in [6, 6.07) is 6.85. The van der Waals surface area contributed by atoms with Crippen molar-refractivity contribution in [3.8, 4) is 0 Å². The second kappa shape index (κ2) is 7.82. The highest BCUT2D eigenvalue weighted by Crippen LogP contribution is 2.33. The van der Waals surface area contributed by atoms with Crippen LogP contribution in [0.3, 0.4) is 0 Å². The number of carboxylic acids is 1. The molecule has 3 heterocycles. The molecule has 3 N–H and O–H groups in total. The fourth-order valence-electron chi connectivity index (χ4n) is 4.46. The second-order valence-electron chi connectivity index (χ2n) is 7.84. The first-order valence-electron chi connectivity index (χ1n) is 9.96. The van der Waals surface area contributed by atoms with Gasteiger partial charge in [0, 0.05) is 23.0 Å². The van der Waals surface area contributed by atoms with E-state index < -0.39 is 5.97 Å². The molecule has 2 saturated heterocycles. The Morgan fingerprint density at radius 2 is 2.07 bits per heavy atom. The first-order chi connectivity index (χ1) is 13.1. The summed E-state index contributed by atoms with van der Waals surface area (Å²) in [5, 5.41) is 21.5. The molecule has 0 amide bonds. The maximum absolute atomic E-state index is 10.9. The molecular weight excluding hydrogens is 340 g/mol. The molecule has 0 spiro atoms. The molecule has 1 aromatic heterocycles. The van der Waals surface area contributed by atoms with Gasteiger partial charge in [-0.05, 0) is 62.5 Å². The molecule has 1 atom stereocenters. The van der Waals surface area contributed by atoms with Crippen LogP contribution in [-0.4, -0.2) is 58.4 Å². The molecule has 0 bridgehead atoms. The van der Waals surface area contributed by atoms with Crippen LogP contribution < -0.4 is 5.32 Å². The summed E-state index contributed by atoms with van der Waals surface area (Å²) in [7, 11) is 0. The minimum Gasteiger partial charge on any atom is -0.480 e. The van der Waals surface area contributed by atoms with E-state index in [9.17, 15) is 4.79 Å². The highest BCUT2D eigenvalue weighted by atomic mass is 16.4. The van der Waals surface area contributed by atoms with E-state index in [-0.39, 0.29) is 6.54 Å². The van der Waals surface area contributed by atoms with Crippen molar-refractivity contribution in [1.29, 1.82) is 0 Å². The van der Waals surface area contributed by atoms with Crippen molar-refractivity contribution in [2.45, 2.75) is 44.1 Å². The topological polar surface area (TPSA) is 81.2 Å². The number of rotatable bonds is 5. The SMILES string of the molecule is C=C(c1ccc2c(C3CCN(CC(=O)O)CC3)[nH]nc2c1)C1CCCCN1. The third-order valence-corrected chi connectivity index (χ3v) is 6.04. The molecule has 2 aromatic rings. The van der Waals surface area contributed by atoms with Gasteiger partial charge < -0.3 is 10.4 Å². The summed E-state index contributed by atoms with van der Waals surface area (Å²) < 4.78 is 0. The van der Waals surface area contributed by atoms with Gasteiger partial charge in [0.05, 0.1) is 12.1 Å². The van der Waals surface area contributed by atoms with E-state index >= 15 is 0 Å². The summed E-state index contributed by atoms with van der Waals surface area (Å²) in [6.07, 6.45) is 5.58. The van der Waals surface area contributed by atoms with Gasteiger partial charge in [0.25, 0.3) is 0 Å². The summed E-state index contributed by atoms with van der Waals surface area (Å²) in [6.45, 7) is 7.17. The third-order valence-electron chi connectivity index (χ3n) is 6.04.